The highest BCUT2D eigenvalue weighted by atomic mass is 14.8. The van der Waals surface area contributed by atoms with E-state index in [1.807, 2.05) is 24.3 Å². The minimum absolute atomic E-state index is 0.913. The molecule has 7 aromatic carbocycles. The summed E-state index contributed by atoms with van der Waals surface area (Å²) in [5.41, 5.74) is 13.6. The molecular weight excluding hydrogens is 631 g/mol. The van der Waals surface area contributed by atoms with Crippen LogP contribution in [0.3, 0.4) is 0 Å². The van der Waals surface area contributed by atoms with E-state index < -0.39 is 0 Å². The molecule has 0 amide bonds. The van der Waals surface area contributed by atoms with E-state index in [-0.39, 0.29) is 0 Å². The second-order valence-corrected chi connectivity index (χ2v) is 13.2. The van der Waals surface area contributed by atoms with Crippen LogP contribution in [0.2, 0.25) is 0 Å². The van der Waals surface area contributed by atoms with Crippen molar-refractivity contribution in [2.45, 2.75) is 0 Å². The summed E-state index contributed by atoms with van der Waals surface area (Å²) >= 11 is 0. The van der Waals surface area contributed by atoms with Gasteiger partial charge >= 0.3 is 0 Å². The van der Waals surface area contributed by atoms with Gasteiger partial charge in [0.1, 0.15) is 0 Å². The van der Waals surface area contributed by atoms with Crippen molar-refractivity contribution in [3.8, 4) is 56.0 Å². The van der Waals surface area contributed by atoms with Gasteiger partial charge in [0.15, 0.2) is 0 Å². The van der Waals surface area contributed by atoms with Crippen LogP contribution in [0.1, 0.15) is 0 Å². The van der Waals surface area contributed by atoms with Crippen LogP contribution in [0, 0.1) is 0 Å². The maximum atomic E-state index is 5.18. The first-order chi connectivity index (χ1) is 25.7. The van der Waals surface area contributed by atoms with Gasteiger partial charge in [0, 0.05) is 32.8 Å². The molecule has 0 bridgehead atoms. The quantitative estimate of drug-likeness (QED) is 0.172. The predicted molar refractivity (Wildman–Crippen MR) is 217 cm³/mol. The summed E-state index contributed by atoms with van der Waals surface area (Å²) < 4.78 is 0. The van der Waals surface area contributed by atoms with Crippen LogP contribution in [0.5, 0.6) is 0 Å². The Kier molecular flexibility index (Phi) is 7.14. The Hall–Kier alpha value is -6.97. The number of fused-ring (bicyclic) bond motifs is 6. The molecule has 10 rings (SSSR count). The Balaban J connectivity index is 1.06. The average Bonchev–Trinajstić information content (AvgIpc) is 3.23. The second-order valence-electron chi connectivity index (χ2n) is 13.2. The molecule has 52 heavy (non-hydrogen) atoms. The van der Waals surface area contributed by atoms with Crippen molar-refractivity contribution in [2.75, 3.05) is 0 Å². The second kappa shape index (κ2) is 12.4. The molecule has 0 radical (unpaired) electrons. The molecule has 0 spiro atoms. The summed E-state index contributed by atoms with van der Waals surface area (Å²) in [5.74, 6) is 0. The minimum atomic E-state index is 0.913. The number of aromatic nitrogens is 3. The van der Waals surface area contributed by atoms with Crippen LogP contribution >= 0.6 is 0 Å². The monoisotopic (exact) mass is 661 g/mol. The van der Waals surface area contributed by atoms with E-state index in [0.29, 0.717) is 0 Å². The Bertz CT molecular complexity index is 2920. The van der Waals surface area contributed by atoms with Crippen molar-refractivity contribution in [1.82, 2.24) is 15.0 Å². The fraction of sp³-hybridized carbons (Fsp3) is 0. The Morgan fingerprint density at radius 1 is 0.288 bits per heavy atom. The molecule has 0 aliphatic heterocycles. The van der Waals surface area contributed by atoms with Crippen LogP contribution in [0.15, 0.2) is 188 Å². The van der Waals surface area contributed by atoms with Gasteiger partial charge in [0.25, 0.3) is 0 Å². The van der Waals surface area contributed by atoms with E-state index in [9.17, 15) is 0 Å². The Morgan fingerprint density at radius 2 is 0.750 bits per heavy atom. The van der Waals surface area contributed by atoms with Gasteiger partial charge in [0.2, 0.25) is 0 Å². The molecule has 3 heteroatoms. The number of nitrogens with zero attached hydrogens (tertiary/aromatic N) is 3. The third-order valence-electron chi connectivity index (χ3n) is 10.0. The first-order valence-electron chi connectivity index (χ1n) is 17.6. The topological polar surface area (TPSA) is 38.7 Å². The maximum Gasteiger partial charge on any atom is 0.0972 e. The molecule has 3 nitrogen and oxygen atoms in total. The SMILES string of the molecule is c1ccc(-c2cc(-c3ccccc3)c3c(ccc4ccc(-c5ccc(-c6ccc7ccc8ccc(-c9ccccc9)nc8c7n6)cc5)cc43)n2)cc1. The lowest BCUT2D eigenvalue weighted by atomic mass is 9.92. The smallest absolute Gasteiger partial charge is 0.0972 e. The van der Waals surface area contributed by atoms with Gasteiger partial charge in [-0.25, -0.2) is 15.0 Å². The molecule has 0 saturated heterocycles. The van der Waals surface area contributed by atoms with Crippen LogP contribution < -0.4 is 0 Å². The summed E-state index contributed by atoms with van der Waals surface area (Å²) in [5, 5.41) is 5.71. The van der Waals surface area contributed by atoms with Gasteiger partial charge < -0.3 is 0 Å². The first kappa shape index (κ1) is 29.9. The zero-order valence-electron chi connectivity index (χ0n) is 28.2. The summed E-state index contributed by atoms with van der Waals surface area (Å²) in [6, 6.07) is 66.2. The molecule has 0 fully saturated rings. The number of pyridine rings is 3. The van der Waals surface area contributed by atoms with Gasteiger partial charge in [-0.15, -0.1) is 0 Å². The highest BCUT2D eigenvalue weighted by molar-refractivity contribution is 6.14. The number of hydrogen-bond acceptors (Lipinski definition) is 3. The molecular formula is C49H31N3. The minimum Gasteiger partial charge on any atom is -0.248 e. The van der Waals surface area contributed by atoms with Crippen molar-refractivity contribution in [3.05, 3.63) is 188 Å². The standard InChI is InChI=1S/C49H31N3/c1-4-10-33(11-5-1)42-31-46(36-14-8-3-9-15-36)50-45-29-24-34-18-23-40(30-41(34)47(42)45)32-16-19-37(20-17-32)44-28-26-39-22-21-38-25-27-43(35-12-6-2-7-13-35)51-48(38)49(39)52-44/h1-31H. The maximum absolute atomic E-state index is 5.18. The van der Waals surface area contributed by atoms with Gasteiger partial charge in [-0.2, -0.15) is 0 Å². The van der Waals surface area contributed by atoms with Crippen molar-refractivity contribution in [1.29, 1.82) is 0 Å². The lowest BCUT2D eigenvalue weighted by Crippen LogP contribution is -1.92. The molecule has 0 atom stereocenters. The molecule has 0 saturated carbocycles. The largest absolute Gasteiger partial charge is 0.248 e. The average molecular weight is 662 g/mol. The zero-order chi connectivity index (χ0) is 34.4. The molecule has 0 aliphatic carbocycles. The van der Waals surface area contributed by atoms with Crippen molar-refractivity contribution < 1.29 is 0 Å². The Morgan fingerprint density at radius 3 is 1.37 bits per heavy atom. The third kappa shape index (κ3) is 5.28. The van der Waals surface area contributed by atoms with Crippen LogP contribution in [0.4, 0.5) is 0 Å². The summed E-state index contributed by atoms with van der Waals surface area (Å²) in [7, 11) is 0. The normalized spacial score (nSPS) is 11.5. The van der Waals surface area contributed by atoms with E-state index in [1.54, 1.807) is 0 Å². The van der Waals surface area contributed by atoms with E-state index >= 15 is 0 Å². The van der Waals surface area contributed by atoms with Crippen LogP contribution in [-0.4, -0.2) is 15.0 Å². The van der Waals surface area contributed by atoms with E-state index in [4.69, 9.17) is 15.0 Å². The first-order valence-corrected chi connectivity index (χ1v) is 17.6. The third-order valence-corrected chi connectivity index (χ3v) is 10.0. The van der Waals surface area contributed by atoms with E-state index in [0.717, 1.165) is 72.2 Å². The lowest BCUT2D eigenvalue weighted by Gasteiger charge is -2.14. The molecule has 0 N–H and O–H groups in total. The summed E-state index contributed by atoms with van der Waals surface area (Å²) in [6.07, 6.45) is 0. The van der Waals surface area contributed by atoms with Crippen molar-refractivity contribution >= 4 is 43.5 Å². The Labute approximate surface area is 301 Å². The van der Waals surface area contributed by atoms with Gasteiger partial charge in [-0.1, -0.05) is 158 Å². The number of benzene rings is 7. The fourth-order valence-corrected chi connectivity index (χ4v) is 7.37. The molecule has 3 aromatic heterocycles. The highest BCUT2D eigenvalue weighted by Crippen LogP contribution is 2.38. The van der Waals surface area contributed by atoms with Crippen molar-refractivity contribution in [2.24, 2.45) is 0 Å². The molecule has 0 aliphatic rings. The summed E-state index contributed by atoms with van der Waals surface area (Å²) in [6.45, 7) is 0. The zero-order valence-corrected chi connectivity index (χ0v) is 28.2. The molecule has 0 unspecified atom stereocenters. The van der Waals surface area contributed by atoms with Gasteiger partial charge in [0.05, 0.1) is 33.6 Å². The van der Waals surface area contributed by atoms with E-state index in [2.05, 4.69) is 164 Å². The lowest BCUT2D eigenvalue weighted by molar-refractivity contribution is 1.36. The highest BCUT2D eigenvalue weighted by Gasteiger charge is 2.14. The van der Waals surface area contributed by atoms with Crippen LogP contribution in [0.25, 0.3) is 99.5 Å². The van der Waals surface area contributed by atoms with Gasteiger partial charge in [-0.3, -0.25) is 0 Å². The van der Waals surface area contributed by atoms with Gasteiger partial charge in [-0.05, 0) is 63.4 Å². The summed E-state index contributed by atoms with van der Waals surface area (Å²) in [4.78, 5) is 15.4. The van der Waals surface area contributed by atoms with E-state index in [1.165, 1.54) is 27.3 Å². The fourth-order valence-electron chi connectivity index (χ4n) is 7.37. The molecule has 242 valence electrons. The molecule has 3 heterocycles. The number of rotatable bonds is 5. The van der Waals surface area contributed by atoms with Crippen LogP contribution in [-0.2, 0) is 0 Å². The predicted octanol–water partition coefficient (Wildman–Crippen LogP) is 12.8. The van der Waals surface area contributed by atoms with Crippen molar-refractivity contribution in [3.63, 3.8) is 0 Å². The molecule has 10 aromatic rings. The number of hydrogen-bond donors (Lipinski definition) is 0.